The van der Waals surface area contributed by atoms with Crippen LogP contribution in [0.15, 0.2) is 382 Å². The van der Waals surface area contributed by atoms with Crippen molar-refractivity contribution in [2.75, 3.05) is 0 Å². The van der Waals surface area contributed by atoms with Gasteiger partial charge in [-0.2, -0.15) is 0 Å². The fraction of sp³-hybridized carbons (Fsp3) is 0. The maximum Gasteiger partial charge on any atom is 0.180 e. The number of rotatable bonds is 12. The Labute approximate surface area is 641 Å². The van der Waals surface area contributed by atoms with Gasteiger partial charge in [-0.05, 0) is 99.1 Å². The molecule has 12 nitrogen and oxygen atoms in total. The summed E-state index contributed by atoms with van der Waals surface area (Å²) in [6, 6.07) is 123. The van der Waals surface area contributed by atoms with Crippen molar-refractivity contribution in [1.82, 2.24) is 39.9 Å². The highest BCUT2D eigenvalue weighted by molar-refractivity contribution is 6.13. The SMILES string of the molecule is c1ccc(-c2nc(-c3cccc(-c4ccccc4-c4ccccc4-c4nc(-c5ccccc5)nc5c4oc4ccccc45)c3)c3oc4ccccc4c3n2)cc1.c1ccc(-c2nc(-c3ccccc3-c3ccccc3-c3ccccc3-c3nc(-c4ccccc4)nc4c3oc3ccccc34)c3oc4ccccc4c3n2)cc1. The average molecular weight is 1440 g/mol. The molecule has 0 spiro atoms. The molecule has 0 bridgehead atoms. The minimum absolute atomic E-state index is 0.640. The first-order valence-corrected chi connectivity index (χ1v) is 37.1. The zero-order chi connectivity index (χ0) is 74.0. The molecule has 0 saturated carbocycles. The Morgan fingerprint density at radius 3 is 0.679 bits per heavy atom. The lowest BCUT2D eigenvalue weighted by atomic mass is 9.88. The highest BCUT2D eigenvalue weighted by Gasteiger charge is 2.27. The van der Waals surface area contributed by atoms with Crippen LogP contribution in [0.1, 0.15) is 0 Å². The highest BCUT2D eigenvalue weighted by atomic mass is 16.3. The van der Waals surface area contributed by atoms with Gasteiger partial charge < -0.3 is 17.7 Å². The van der Waals surface area contributed by atoms with Crippen molar-refractivity contribution in [1.29, 1.82) is 0 Å². The second-order valence-electron chi connectivity index (χ2n) is 27.5. The Hall–Kier alpha value is -15.4. The van der Waals surface area contributed by atoms with E-state index in [2.05, 4.69) is 170 Å². The van der Waals surface area contributed by atoms with Crippen LogP contribution in [-0.4, -0.2) is 39.9 Å². The molecule has 14 aromatic carbocycles. The van der Waals surface area contributed by atoms with Gasteiger partial charge in [0.05, 0.1) is 0 Å². The molecule has 0 saturated heterocycles. The molecule has 524 valence electrons. The second kappa shape index (κ2) is 27.4. The molecule has 0 aliphatic carbocycles. The minimum Gasteiger partial charge on any atom is -0.452 e. The van der Waals surface area contributed by atoms with Crippen molar-refractivity contribution in [2.24, 2.45) is 0 Å². The molecule has 8 heterocycles. The summed E-state index contributed by atoms with van der Waals surface area (Å²) in [5.41, 5.74) is 27.6. The molecule has 22 rings (SSSR count). The van der Waals surface area contributed by atoms with Crippen LogP contribution in [0, 0.1) is 0 Å². The monoisotopic (exact) mass is 1440 g/mol. The minimum atomic E-state index is 0.640. The maximum absolute atomic E-state index is 6.58. The van der Waals surface area contributed by atoms with E-state index < -0.39 is 0 Å². The molecular weight excluding hydrogens is 1380 g/mol. The van der Waals surface area contributed by atoms with Gasteiger partial charge in [0.25, 0.3) is 0 Å². The fourth-order valence-electron chi connectivity index (χ4n) is 15.5. The Morgan fingerprint density at radius 1 is 0.152 bits per heavy atom. The molecular formula is C100H60N8O4. The Kier molecular flexibility index (Phi) is 15.9. The summed E-state index contributed by atoms with van der Waals surface area (Å²) in [6.45, 7) is 0. The first-order valence-electron chi connectivity index (χ1n) is 37.1. The molecule has 12 heteroatoms. The van der Waals surface area contributed by atoms with E-state index in [1.54, 1.807) is 0 Å². The molecule has 22 aromatic rings. The van der Waals surface area contributed by atoms with Gasteiger partial charge in [0.2, 0.25) is 0 Å². The summed E-state index contributed by atoms with van der Waals surface area (Å²) in [5, 5.41) is 3.82. The second-order valence-corrected chi connectivity index (χ2v) is 27.5. The third kappa shape index (κ3) is 11.4. The van der Waals surface area contributed by atoms with Gasteiger partial charge >= 0.3 is 0 Å². The molecule has 0 amide bonds. The summed E-state index contributed by atoms with van der Waals surface area (Å²) >= 11 is 0. The van der Waals surface area contributed by atoms with E-state index in [0.29, 0.717) is 45.6 Å². The smallest absolute Gasteiger partial charge is 0.180 e. The lowest BCUT2D eigenvalue weighted by molar-refractivity contribution is 0.667. The summed E-state index contributed by atoms with van der Waals surface area (Å²) < 4.78 is 26.2. The quantitative estimate of drug-likeness (QED) is 0.114. The third-order valence-corrected chi connectivity index (χ3v) is 20.7. The number of furan rings is 4. The van der Waals surface area contributed by atoms with Crippen LogP contribution in [0.4, 0.5) is 0 Å². The van der Waals surface area contributed by atoms with Crippen molar-refractivity contribution in [3.8, 4) is 135 Å². The molecule has 0 aliphatic heterocycles. The van der Waals surface area contributed by atoms with Crippen LogP contribution in [0.5, 0.6) is 0 Å². The van der Waals surface area contributed by atoms with Gasteiger partial charge in [-0.3, -0.25) is 0 Å². The zero-order valence-electron chi connectivity index (χ0n) is 59.9. The Morgan fingerprint density at radius 2 is 0.366 bits per heavy atom. The van der Waals surface area contributed by atoms with E-state index in [4.69, 9.17) is 57.5 Å². The molecule has 8 aromatic heterocycles. The van der Waals surface area contributed by atoms with Gasteiger partial charge in [0.1, 0.15) is 67.2 Å². The standard InChI is InChI=1S/2C50H30N4O2/c1-3-17-31(18-4-1)49-51-43(47-45(53-49)39-27-13-15-29-41(39)55-47)37-25-11-9-23-35(37)33-21-7-8-22-34(33)36-24-10-12-26-38(36)44-48-46(40-28-14-16-30-42(40)56-48)54-50(52-44)32-19-5-2-6-20-32;1-3-16-31(17-4-1)49-51-43(47-45(53-49)39-26-11-13-28-41(39)55-47)34-21-15-20-33(30-34)35-22-7-8-23-36(35)37-24-9-10-25-38(37)44-48-46(40-27-12-14-29-42(40)56-48)54-50(52-44)32-18-5-2-6-19-32/h2*1-30H. The number of fused-ring (bicyclic) bond motifs is 12. The van der Waals surface area contributed by atoms with Crippen molar-refractivity contribution in [2.45, 2.75) is 0 Å². The van der Waals surface area contributed by atoms with Crippen molar-refractivity contribution in [3.05, 3.63) is 364 Å². The lowest BCUT2D eigenvalue weighted by Gasteiger charge is -2.17. The summed E-state index contributed by atoms with van der Waals surface area (Å²) in [4.78, 5) is 41.1. The number of para-hydroxylation sites is 4. The largest absolute Gasteiger partial charge is 0.452 e. The number of aromatic nitrogens is 8. The van der Waals surface area contributed by atoms with E-state index in [0.717, 1.165) is 178 Å². The maximum atomic E-state index is 6.58. The molecule has 0 unspecified atom stereocenters. The van der Waals surface area contributed by atoms with Crippen LogP contribution < -0.4 is 0 Å². The molecule has 112 heavy (non-hydrogen) atoms. The lowest BCUT2D eigenvalue weighted by Crippen LogP contribution is -1.97. The predicted octanol–water partition coefficient (Wildman–Crippen LogP) is 26.1. The van der Waals surface area contributed by atoms with E-state index in [9.17, 15) is 0 Å². The first kappa shape index (κ1) is 64.9. The highest BCUT2D eigenvalue weighted by Crippen LogP contribution is 2.48. The molecule has 0 fully saturated rings. The predicted molar refractivity (Wildman–Crippen MR) is 450 cm³/mol. The zero-order valence-corrected chi connectivity index (χ0v) is 59.9. The molecule has 0 N–H and O–H groups in total. The number of hydrogen-bond acceptors (Lipinski definition) is 12. The van der Waals surface area contributed by atoms with Crippen molar-refractivity contribution >= 4 is 88.3 Å². The average Bonchev–Trinajstić information content (AvgIpc) is 1.53. The van der Waals surface area contributed by atoms with Crippen LogP contribution in [0.25, 0.3) is 223 Å². The van der Waals surface area contributed by atoms with E-state index in [1.807, 2.05) is 194 Å². The normalized spacial score (nSPS) is 11.6. The van der Waals surface area contributed by atoms with Crippen molar-refractivity contribution < 1.29 is 17.7 Å². The van der Waals surface area contributed by atoms with Crippen LogP contribution >= 0.6 is 0 Å². The van der Waals surface area contributed by atoms with E-state index in [1.165, 1.54) is 0 Å². The van der Waals surface area contributed by atoms with Crippen LogP contribution in [0.3, 0.4) is 0 Å². The molecule has 0 radical (unpaired) electrons. The molecule has 0 atom stereocenters. The number of hydrogen-bond donors (Lipinski definition) is 0. The number of nitrogens with zero attached hydrogens (tertiary/aromatic N) is 8. The van der Waals surface area contributed by atoms with Gasteiger partial charge in [-0.25, -0.2) is 39.9 Å². The topological polar surface area (TPSA) is 156 Å². The van der Waals surface area contributed by atoms with E-state index >= 15 is 0 Å². The summed E-state index contributed by atoms with van der Waals surface area (Å²) in [6.07, 6.45) is 0. The van der Waals surface area contributed by atoms with Crippen molar-refractivity contribution in [3.63, 3.8) is 0 Å². The van der Waals surface area contributed by atoms with Gasteiger partial charge in [-0.1, -0.05) is 309 Å². The first-order chi connectivity index (χ1) is 55.5. The van der Waals surface area contributed by atoms with Gasteiger partial charge in [-0.15, -0.1) is 0 Å². The van der Waals surface area contributed by atoms with E-state index in [-0.39, 0.29) is 0 Å². The Balaban J connectivity index is 0.000000141. The Bertz CT molecular complexity index is 7180. The summed E-state index contributed by atoms with van der Waals surface area (Å²) in [5.74, 6) is 2.57. The van der Waals surface area contributed by atoms with Crippen LogP contribution in [0.2, 0.25) is 0 Å². The fourth-order valence-corrected chi connectivity index (χ4v) is 15.5. The van der Waals surface area contributed by atoms with Crippen LogP contribution in [-0.2, 0) is 0 Å². The summed E-state index contributed by atoms with van der Waals surface area (Å²) in [7, 11) is 0. The van der Waals surface area contributed by atoms with Gasteiger partial charge in [0, 0.05) is 66.1 Å². The third-order valence-electron chi connectivity index (χ3n) is 20.7. The molecule has 0 aliphatic rings. The van der Waals surface area contributed by atoms with Gasteiger partial charge in [0.15, 0.2) is 45.6 Å². The number of benzene rings is 14.